The Morgan fingerprint density at radius 2 is 2.10 bits per heavy atom. The minimum atomic E-state index is -4.09. The van der Waals surface area contributed by atoms with Crippen LogP contribution in [0.15, 0.2) is 11.1 Å². The second-order valence-electron chi connectivity index (χ2n) is 4.99. The van der Waals surface area contributed by atoms with E-state index < -0.39 is 29.1 Å². The molecule has 0 spiro atoms. The maximum Gasteiger partial charge on any atom is 0.284 e. The number of fused-ring (bicyclic) bond motifs is 1. The fourth-order valence-corrected chi connectivity index (χ4v) is 3.85. The normalized spacial score (nSPS) is 23.1. The number of aryl methyl sites for hydroxylation is 1. The molecule has 0 bridgehead atoms. The van der Waals surface area contributed by atoms with Crippen molar-refractivity contribution in [2.24, 2.45) is 0 Å². The highest BCUT2D eigenvalue weighted by atomic mass is 32.2. The van der Waals surface area contributed by atoms with Gasteiger partial charge >= 0.3 is 0 Å². The Morgan fingerprint density at radius 3 is 2.90 bits per heavy atom. The highest BCUT2D eigenvalue weighted by Crippen LogP contribution is 2.31. The number of alkyl halides is 2. The summed E-state index contributed by atoms with van der Waals surface area (Å²) >= 11 is 0. The number of hydrogen-bond donors (Lipinski definition) is 0. The summed E-state index contributed by atoms with van der Waals surface area (Å²) in [5, 5.41) is 3.94. The Morgan fingerprint density at radius 1 is 1.29 bits per heavy atom. The van der Waals surface area contributed by atoms with Gasteiger partial charge in [0.1, 0.15) is 6.61 Å². The smallest absolute Gasteiger partial charge is 0.284 e. The molecule has 0 atom stereocenters. The lowest BCUT2D eigenvalue weighted by Gasteiger charge is -2.23. The zero-order valence-corrected chi connectivity index (χ0v) is 12.0. The Hall–Kier alpha value is -1.26. The van der Waals surface area contributed by atoms with Crippen LogP contribution in [0, 0.1) is 0 Å². The van der Waals surface area contributed by atoms with Gasteiger partial charge in [-0.1, -0.05) is 0 Å². The van der Waals surface area contributed by atoms with Gasteiger partial charge in [0.15, 0.2) is 4.90 Å². The summed E-state index contributed by atoms with van der Waals surface area (Å²) in [5.41, 5.74) is 0. The van der Waals surface area contributed by atoms with E-state index in [0.717, 1.165) is 16.9 Å². The van der Waals surface area contributed by atoms with Gasteiger partial charge in [0.05, 0.1) is 26.0 Å². The van der Waals surface area contributed by atoms with Crippen LogP contribution in [-0.4, -0.2) is 61.3 Å². The predicted octanol–water partition coefficient (Wildman–Crippen LogP) is 0.322. The van der Waals surface area contributed by atoms with Crippen molar-refractivity contribution in [2.45, 2.75) is 23.8 Å². The molecule has 2 aliphatic rings. The number of aromatic nitrogens is 2. The second-order valence-corrected chi connectivity index (χ2v) is 6.89. The Balaban J connectivity index is 1.94. The Labute approximate surface area is 120 Å². The fraction of sp³-hybridized carbons (Fsp3) is 0.727. The van der Waals surface area contributed by atoms with E-state index in [2.05, 4.69) is 5.10 Å². The van der Waals surface area contributed by atoms with Gasteiger partial charge in [-0.05, 0) is 0 Å². The van der Waals surface area contributed by atoms with Crippen LogP contribution in [0.25, 0.3) is 0 Å². The number of halogens is 2. The summed E-state index contributed by atoms with van der Waals surface area (Å²) in [6.07, 6.45) is 1.88. The molecule has 0 aromatic carbocycles. The van der Waals surface area contributed by atoms with Crippen molar-refractivity contribution < 1.29 is 26.7 Å². The predicted molar refractivity (Wildman–Crippen MR) is 66.9 cm³/mol. The van der Waals surface area contributed by atoms with E-state index in [0.29, 0.717) is 13.2 Å². The SMILES string of the molecule is O=S(=O)(c1cnn2c1OCCC2)N1CCOCC(F)(F)C1. The third kappa shape index (κ3) is 2.74. The molecule has 0 aliphatic carbocycles. The first-order chi connectivity index (χ1) is 9.90. The molecular weight excluding hydrogens is 308 g/mol. The molecular formula is C11H15F2N3O4S. The van der Waals surface area contributed by atoms with Gasteiger partial charge in [-0.3, -0.25) is 0 Å². The molecule has 0 amide bonds. The van der Waals surface area contributed by atoms with E-state index in [1.165, 1.54) is 4.68 Å². The van der Waals surface area contributed by atoms with Crippen LogP contribution in [0.1, 0.15) is 6.42 Å². The average molecular weight is 323 g/mol. The summed E-state index contributed by atoms with van der Waals surface area (Å²) in [7, 11) is -4.09. The minimum Gasteiger partial charge on any atom is -0.477 e. The van der Waals surface area contributed by atoms with E-state index in [1.807, 2.05) is 0 Å². The van der Waals surface area contributed by atoms with Crippen LogP contribution in [0.3, 0.4) is 0 Å². The number of sulfonamides is 1. The Bertz CT molecular complexity index is 631. The van der Waals surface area contributed by atoms with Crippen LogP contribution >= 0.6 is 0 Å². The molecule has 0 unspecified atom stereocenters. The van der Waals surface area contributed by atoms with Crippen molar-refractivity contribution in [1.29, 1.82) is 0 Å². The van der Waals surface area contributed by atoms with Crippen molar-refractivity contribution in [3.05, 3.63) is 6.20 Å². The molecule has 1 aromatic rings. The third-order valence-corrected chi connectivity index (χ3v) is 5.16. The van der Waals surface area contributed by atoms with E-state index in [4.69, 9.17) is 9.47 Å². The van der Waals surface area contributed by atoms with Gasteiger partial charge in [0.25, 0.3) is 5.92 Å². The molecule has 3 heterocycles. The van der Waals surface area contributed by atoms with E-state index in [-0.39, 0.29) is 23.9 Å². The summed E-state index contributed by atoms with van der Waals surface area (Å²) in [6.45, 7) is -0.944. The molecule has 10 heteroatoms. The first-order valence-corrected chi connectivity index (χ1v) is 7.98. The lowest BCUT2D eigenvalue weighted by atomic mass is 10.4. The molecule has 1 fully saturated rings. The number of rotatable bonds is 2. The highest BCUT2D eigenvalue weighted by molar-refractivity contribution is 7.89. The van der Waals surface area contributed by atoms with E-state index in [9.17, 15) is 17.2 Å². The topological polar surface area (TPSA) is 73.7 Å². The fourth-order valence-electron chi connectivity index (χ4n) is 2.34. The van der Waals surface area contributed by atoms with Gasteiger partial charge in [0.2, 0.25) is 15.9 Å². The van der Waals surface area contributed by atoms with Crippen molar-refractivity contribution in [2.75, 3.05) is 32.9 Å². The monoisotopic (exact) mass is 323 g/mol. The quantitative estimate of drug-likeness (QED) is 0.784. The van der Waals surface area contributed by atoms with Crippen LogP contribution in [-0.2, 0) is 21.3 Å². The second kappa shape index (κ2) is 5.18. The van der Waals surface area contributed by atoms with Gasteiger partial charge in [0, 0.05) is 19.5 Å². The number of hydrogen-bond acceptors (Lipinski definition) is 5. The third-order valence-electron chi connectivity index (χ3n) is 3.34. The van der Waals surface area contributed by atoms with Gasteiger partial charge in [-0.2, -0.15) is 9.40 Å². The molecule has 1 aromatic heterocycles. The van der Waals surface area contributed by atoms with E-state index >= 15 is 0 Å². The first kappa shape index (κ1) is 14.7. The summed E-state index contributed by atoms with van der Waals surface area (Å²) in [4.78, 5) is -0.167. The largest absolute Gasteiger partial charge is 0.477 e. The van der Waals surface area contributed by atoms with Gasteiger partial charge in [-0.15, -0.1) is 0 Å². The number of nitrogens with zero attached hydrogens (tertiary/aromatic N) is 3. The maximum absolute atomic E-state index is 13.5. The molecule has 2 aliphatic heterocycles. The summed E-state index contributed by atoms with van der Waals surface area (Å²) in [5.74, 6) is -3.09. The molecule has 0 radical (unpaired) electrons. The standard InChI is InChI=1S/C11H15F2N3O4S/c12-11(13)7-15(3-5-19-8-11)21(17,18)9-6-14-16-2-1-4-20-10(9)16/h6H,1-5,7-8H2. The van der Waals surface area contributed by atoms with Gasteiger partial charge in [-0.25, -0.2) is 21.9 Å². The van der Waals surface area contributed by atoms with Crippen LogP contribution < -0.4 is 4.74 Å². The lowest BCUT2D eigenvalue weighted by molar-refractivity contribution is -0.0630. The maximum atomic E-state index is 13.5. The number of ether oxygens (including phenoxy) is 2. The molecule has 0 N–H and O–H groups in total. The Kier molecular flexibility index (Phi) is 3.62. The van der Waals surface area contributed by atoms with Gasteiger partial charge < -0.3 is 9.47 Å². The molecule has 7 nitrogen and oxygen atoms in total. The van der Waals surface area contributed by atoms with Crippen molar-refractivity contribution in [3.8, 4) is 5.88 Å². The zero-order valence-electron chi connectivity index (χ0n) is 11.2. The molecule has 3 rings (SSSR count). The van der Waals surface area contributed by atoms with Crippen LogP contribution in [0.4, 0.5) is 8.78 Å². The molecule has 21 heavy (non-hydrogen) atoms. The molecule has 1 saturated heterocycles. The first-order valence-electron chi connectivity index (χ1n) is 6.54. The van der Waals surface area contributed by atoms with Crippen molar-refractivity contribution in [1.82, 2.24) is 14.1 Å². The molecule has 118 valence electrons. The van der Waals surface area contributed by atoms with Crippen molar-refractivity contribution >= 4 is 10.0 Å². The molecule has 0 saturated carbocycles. The summed E-state index contributed by atoms with van der Waals surface area (Å²) < 4.78 is 64.5. The lowest BCUT2D eigenvalue weighted by Crippen LogP contribution is -2.41. The van der Waals surface area contributed by atoms with E-state index in [1.54, 1.807) is 0 Å². The van der Waals surface area contributed by atoms with Crippen molar-refractivity contribution in [3.63, 3.8) is 0 Å². The zero-order chi connectivity index (χ0) is 15.1. The highest BCUT2D eigenvalue weighted by Gasteiger charge is 2.41. The van der Waals surface area contributed by atoms with Crippen LogP contribution in [0.2, 0.25) is 0 Å². The minimum absolute atomic E-state index is 0.0703. The van der Waals surface area contributed by atoms with Crippen LogP contribution in [0.5, 0.6) is 5.88 Å². The average Bonchev–Trinajstić information content (AvgIpc) is 2.77. The summed E-state index contributed by atoms with van der Waals surface area (Å²) in [6, 6.07) is 0.